The van der Waals surface area contributed by atoms with Crippen molar-refractivity contribution in [1.82, 2.24) is 0 Å². The minimum atomic E-state index is -0.316. The molecule has 17 heavy (non-hydrogen) atoms. The summed E-state index contributed by atoms with van der Waals surface area (Å²) in [6, 6.07) is 11.1. The molecule has 0 aliphatic carbocycles. The van der Waals surface area contributed by atoms with Crippen LogP contribution < -0.4 is 10.5 Å². The number of rotatable bonds is 4. The van der Waals surface area contributed by atoms with Crippen molar-refractivity contribution in [3.8, 4) is 5.75 Å². The molecular formula is C13H14BrNO2. The lowest BCUT2D eigenvalue weighted by Crippen LogP contribution is -2.12. The maximum atomic E-state index is 6.17. The van der Waals surface area contributed by atoms with Crippen LogP contribution in [0.4, 0.5) is 0 Å². The Balaban J connectivity index is 2.33. The maximum absolute atomic E-state index is 6.17. The van der Waals surface area contributed by atoms with Crippen molar-refractivity contribution in [1.29, 1.82) is 0 Å². The number of benzene rings is 1. The molecule has 2 rings (SSSR count). The van der Waals surface area contributed by atoms with E-state index in [1.165, 1.54) is 0 Å². The third-order valence-corrected chi connectivity index (χ3v) is 2.88. The molecule has 2 N–H and O–H groups in total. The lowest BCUT2D eigenvalue weighted by Gasteiger charge is -2.14. The Hall–Kier alpha value is -1.26. The van der Waals surface area contributed by atoms with E-state index < -0.39 is 0 Å². The fourth-order valence-electron chi connectivity index (χ4n) is 1.67. The molecule has 0 spiro atoms. The summed E-state index contributed by atoms with van der Waals surface area (Å²) < 4.78 is 11.7. The van der Waals surface area contributed by atoms with Gasteiger partial charge in [0.15, 0.2) is 4.67 Å². The van der Waals surface area contributed by atoms with Gasteiger partial charge in [-0.2, -0.15) is 0 Å². The SMILES string of the molecule is CCOc1ccccc1C(N)c1ccc(Br)o1. The van der Waals surface area contributed by atoms with E-state index in [-0.39, 0.29) is 6.04 Å². The van der Waals surface area contributed by atoms with Crippen molar-refractivity contribution in [3.05, 3.63) is 52.4 Å². The van der Waals surface area contributed by atoms with E-state index in [0.29, 0.717) is 17.0 Å². The fourth-order valence-corrected chi connectivity index (χ4v) is 1.99. The third kappa shape index (κ3) is 2.70. The van der Waals surface area contributed by atoms with Crippen LogP contribution in [-0.4, -0.2) is 6.61 Å². The smallest absolute Gasteiger partial charge is 0.169 e. The van der Waals surface area contributed by atoms with Crippen LogP contribution >= 0.6 is 15.9 Å². The topological polar surface area (TPSA) is 48.4 Å². The zero-order valence-corrected chi connectivity index (χ0v) is 11.1. The van der Waals surface area contributed by atoms with Crippen LogP contribution in [0.15, 0.2) is 45.5 Å². The first kappa shape index (κ1) is 12.2. The molecular weight excluding hydrogens is 282 g/mol. The number of furan rings is 1. The molecule has 1 atom stereocenters. The second kappa shape index (κ2) is 5.38. The second-order valence-corrected chi connectivity index (χ2v) is 4.37. The van der Waals surface area contributed by atoms with Crippen LogP contribution in [0, 0.1) is 0 Å². The van der Waals surface area contributed by atoms with E-state index in [0.717, 1.165) is 11.3 Å². The molecule has 0 amide bonds. The van der Waals surface area contributed by atoms with E-state index in [4.69, 9.17) is 14.9 Å². The molecule has 0 radical (unpaired) electrons. The van der Waals surface area contributed by atoms with Crippen LogP contribution in [0.1, 0.15) is 24.3 Å². The normalized spacial score (nSPS) is 12.4. The van der Waals surface area contributed by atoms with E-state index in [1.54, 1.807) is 0 Å². The van der Waals surface area contributed by atoms with Crippen molar-refractivity contribution >= 4 is 15.9 Å². The summed E-state index contributed by atoms with van der Waals surface area (Å²) in [7, 11) is 0. The Bertz CT molecular complexity index is 496. The lowest BCUT2D eigenvalue weighted by atomic mass is 10.0. The monoisotopic (exact) mass is 295 g/mol. The van der Waals surface area contributed by atoms with E-state index >= 15 is 0 Å². The number of para-hydroxylation sites is 1. The lowest BCUT2D eigenvalue weighted by molar-refractivity contribution is 0.333. The van der Waals surface area contributed by atoms with Gasteiger partial charge in [-0.15, -0.1) is 0 Å². The predicted octanol–water partition coefficient (Wildman–Crippen LogP) is 3.49. The molecule has 0 aliphatic rings. The van der Waals surface area contributed by atoms with Gasteiger partial charge in [0.25, 0.3) is 0 Å². The molecule has 1 aromatic carbocycles. The number of hydrogen-bond donors (Lipinski definition) is 1. The van der Waals surface area contributed by atoms with Crippen molar-refractivity contribution in [2.75, 3.05) is 6.61 Å². The second-order valence-electron chi connectivity index (χ2n) is 3.59. The average Bonchev–Trinajstić information content (AvgIpc) is 2.76. The summed E-state index contributed by atoms with van der Waals surface area (Å²) in [5, 5.41) is 0. The van der Waals surface area contributed by atoms with E-state index in [1.807, 2.05) is 43.3 Å². The van der Waals surface area contributed by atoms with Crippen LogP contribution in [0.5, 0.6) is 5.75 Å². The first-order valence-electron chi connectivity index (χ1n) is 5.45. The molecule has 1 unspecified atom stereocenters. The highest BCUT2D eigenvalue weighted by Gasteiger charge is 2.16. The van der Waals surface area contributed by atoms with Gasteiger partial charge in [-0.05, 0) is 41.1 Å². The van der Waals surface area contributed by atoms with Gasteiger partial charge < -0.3 is 14.9 Å². The van der Waals surface area contributed by atoms with Crippen LogP contribution in [-0.2, 0) is 0 Å². The minimum absolute atomic E-state index is 0.316. The molecule has 3 nitrogen and oxygen atoms in total. The molecule has 1 heterocycles. The summed E-state index contributed by atoms with van der Waals surface area (Å²) in [5.74, 6) is 1.51. The Kier molecular flexibility index (Phi) is 3.86. The van der Waals surface area contributed by atoms with Gasteiger partial charge in [-0.1, -0.05) is 18.2 Å². The minimum Gasteiger partial charge on any atom is -0.494 e. The summed E-state index contributed by atoms with van der Waals surface area (Å²) in [6.07, 6.45) is 0. The highest BCUT2D eigenvalue weighted by Crippen LogP contribution is 2.30. The Labute approximate surface area is 109 Å². The molecule has 1 aromatic heterocycles. The summed E-state index contributed by atoms with van der Waals surface area (Å²) >= 11 is 3.27. The van der Waals surface area contributed by atoms with Gasteiger partial charge in [0, 0.05) is 5.56 Å². The van der Waals surface area contributed by atoms with Crippen molar-refractivity contribution in [2.24, 2.45) is 5.73 Å². The number of ether oxygens (including phenoxy) is 1. The molecule has 2 aromatic rings. The highest BCUT2D eigenvalue weighted by atomic mass is 79.9. The molecule has 0 fully saturated rings. The molecule has 90 valence electrons. The van der Waals surface area contributed by atoms with Gasteiger partial charge in [0.1, 0.15) is 11.5 Å². The number of nitrogens with two attached hydrogens (primary N) is 1. The first-order chi connectivity index (χ1) is 8.22. The third-order valence-electron chi connectivity index (χ3n) is 2.45. The van der Waals surface area contributed by atoms with E-state index in [2.05, 4.69) is 15.9 Å². The largest absolute Gasteiger partial charge is 0.494 e. The van der Waals surface area contributed by atoms with Crippen molar-refractivity contribution in [3.63, 3.8) is 0 Å². The summed E-state index contributed by atoms with van der Waals surface area (Å²) in [5.41, 5.74) is 7.09. The quantitative estimate of drug-likeness (QED) is 0.939. The zero-order chi connectivity index (χ0) is 12.3. The van der Waals surface area contributed by atoms with Gasteiger partial charge in [-0.3, -0.25) is 0 Å². The van der Waals surface area contributed by atoms with Crippen LogP contribution in [0.3, 0.4) is 0 Å². The first-order valence-corrected chi connectivity index (χ1v) is 6.24. The molecule has 0 bridgehead atoms. The van der Waals surface area contributed by atoms with Gasteiger partial charge in [-0.25, -0.2) is 0 Å². The number of hydrogen-bond acceptors (Lipinski definition) is 3. The standard InChI is InChI=1S/C13H14BrNO2/c1-2-16-10-6-4-3-5-9(10)13(15)11-7-8-12(14)17-11/h3-8,13H,2,15H2,1H3. The van der Waals surface area contributed by atoms with Crippen molar-refractivity contribution < 1.29 is 9.15 Å². The summed E-state index contributed by atoms with van der Waals surface area (Å²) in [6.45, 7) is 2.57. The molecule has 0 aliphatic heterocycles. The molecule has 4 heteroatoms. The fraction of sp³-hybridized carbons (Fsp3) is 0.231. The Morgan fingerprint density at radius 3 is 2.71 bits per heavy atom. The summed E-state index contributed by atoms with van der Waals surface area (Å²) in [4.78, 5) is 0. The zero-order valence-electron chi connectivity index (χ0n) is 9.52. The number of halogens is 1. The Morgan fingerprint density at radius 2 is 2.06 bits per heavy atom. The van der Waals surface area contributed by atoms with Crippen molar-refractivity contribution in [2.45, 2.75) is 13.0 Å². The molecule has 0 saturated carbocycles. The van der Waals surface area contributed by atoms with Crippen LogP contribution in [0.2, 0.25) is 0 Å². The predicted molar refractivity (Wildman–Crippen MR) is 70.0 cm³/mol. The Morgan fingerprint density at radius 1 is 1.29 bits per heavy atom. The van der Waals surface area contributed by atoms with Gasteiger partial charge in [0.05, 0.1) is 12.6 Å². The average molecular weight is 296 g/mol. The van der Waals surface area contributed by atoms with Crippen LogP contribution in [0.25, 0.3) is 0 Å². The van der Waals surface area contributed by atoms with E-state index in [9.17, 15) is 0 Å². The highest BCUT2D eigenvalue weighted by molar-refractivity contribution is 9.10. The molecule has 0 saturated heterocycles. The van der Waals surface area contributed by atoms with Gasteiger partial charge in [0.2, 0.25) is 0 Å². The van der Waals surface area contributed by atoms with Gasteiger partial charge >= 0.3 is 0 Å². The maximum Gasteiger partial charge on any atom is 0.169 e.